The second kappa shape index (κ2) is 6.98. The van der Waals surface area contributed by atoms with Crippen molar-refractivity contribution in [3.05, 3.63) is 35.6 Å². The van der Waals surface area contributed by atoms with Crippen molar-refractivity contribution in [1.82, 2.24) is 10.0 Å². The van der Waals surface area contributed by atoms with E-state index in [1.54, 1.807) is 19.1 Å². The molecule has 0 radical (unpaired) electrons. The van der Waals surface area contributed by atoms with E-state index < -0.39 is 15.3 Å². The number of halogens is 1. The van der Waals surface area contributed by atoms with E-state index in [9.17, 15) is 12.8 Å². The van der Waals surface area contributed by atoms with E-state index in [0.29, 0.717) is 12.1 Å². The standard InChI is InChI=1S/C13H21FN2O2S/c1-10(2)15-8-11(3)19(17,18)16-9-12-5-4-6-13(14)7-12/h4-7,10-11,15-16H,8-9H2,1-3H3. The zero-order chi connectivity index (χ0) is 14.5. The smallest absolute Gasteiger partial charge is 0.215 e. The molecule has 0 aliphatic rings. The zero-order valence-electron chi connectivity index (χ0n) is 11.5. The normalized spacial score (nSPS) is 13.7. The minimum Gasteiger partial charge on any atom is -0.313 e. The van der Waals surface area contributed by atoms with E-state index in [1.807, 2.05) is 13.8 Å². The predicted molar refractivity (Wildman–Crippen MR) is 74.8 cm³/mol. The van der Waals surface area contributed by atoms with Crippen LogP contribution in [0.5, 0.6) is 0 Å². The lowest BCUT2D eigenvalue weighted by atomic mass is 10.2. The molecule has 1 unspecified atom stereocenters. The van der Waals surface area contributed by atoms with Crippen molar-refractivity contribution in [1.29, 1.82) is 0 Å². The number of hydrogen-bond donors (Lipinski definition) is 2. The molecule has 6 heteroatoms. The Labute approximate surface area is 114 Å². The van der Waals surface area contributed by atoms with Gasteiger partial charge in [-0.3, -0.25) is 0 Å². The Bertz CT molecular complexity index is 503. The first-order valence-corrected chi connectivity index (χ1v) is 7.82. The zero-order valence-corrected chi connectivity index (χ0v) is 12.3. The molecular weight excluding hydrogens is 267 g/mol. The fraction of sp³-hybridized carbons (Fsp3) is 0.538. The van der Waals surface area contributed by atoms with Crippen LogP contribution in [0, 0.1) is 5.82 Å². The Balaban J connectivity index is 2.55. The lowest BCUT2D eigenvalue weighted by molar-refractivity contribution is 0.540. The number of rotatable bonds is 7. The number of sulfonamides is 1. The molecule has 1 rings (SSSR count). The van der Waals surface area contributed by atoms with E-state index >= 15 is 0 Å². The van der Waals surface area contributed by atoms with E-state index in [-0.39, 0.29) is 18.4 Å². The van der Waals surface area contributed by atoms with Gasteiger partial charge in [-0.15, -0.1) is 0 Å². The molecule has 0 amide bonds. The van der Waals surface area contributed by atoms with E-state index in [2.05, 4.69) is 10.0 Å². The SMILES string of the molecule is CC(C)NCC(C)S(=O)(=O)NCc1cccc(F)c1. The monoisotopic (exact) mass is 288 g/mol. The highest BCUT2D eigenvalue weighted by Gasteiger charge is 2.20. The number of hydrogen-bond acceptors (Lipinski definition) is 3. The minimum absolute atomic E-state index is 0.103. The molecule has 0 aromatic heterocycles. The first kappa shape index (κ1) is 16.1. The van der Waals surface area contributed by atoms with Crippen LogP contribution in [0.4, 0.5) is 4.39 Å². The molecule has 0 spiro atoms. The van der Waals surface area contributed by atoms with Gasteiger partial charge in [0.15, 0.2) is 0 Å². The Morgan fingerprint density at radius 2 is 1.95 bits per heavy atom. The van der Waals surface area contributed by atoms with Gasteiger partial charge in [0.25, 0.3) is 0 Å². The van der Waals surface area contributed by atoms with Crippen molar-refractivity contribution < 1.29 is 12.8 Å². The summed E-state index contributed by atoms with van der Waals surface area (Å²) in [6.45, 7) is 6.05. The quantitative estimate of drug-likeness (QED) is 0.802. The van der Waals surface area contributed by atoms with Crippen LogP contribution in [0.25, 0.3) is 0 Å². The Morgan fingerprint density at radius 1 is 1.26 bits per heavy atom. The van der Waals surface area contributed by atoms with Crippen molar-refractivity contribution in [3.8, 4) is 0 Å². The third-order valence-electron chi connectivity index (χ3n) is 2.71. The number of nitrogens with one attached hydrogen (secondary N) is 2. The molecule has 0 bridgehead atoms. The summed E-state index contributed by atoms with van der Waals surface area (Å²) in [5.41, 5.74) is 0.604. The minimum atomic E-state index is -3.40. The van der Waals surface area contributed by atoms with E-state index in [0.717, 1.165) is 0 Å². The molecule has 1 aromatic rings. The van der Waals surface area contributed by atoms with Crippen molar-refractivity contribution in [2.24, 2.45) is 0 Å². The topological polar surface area (TPSA) is 58.2 Å². The lowest BCUT2D eigenvalue weighted by Gasteiger charge is -2.16. The van der Waals surface area contributed by atoms with Gasteiger partial charge < -0.3 is 5.32 Å². The van der Waals surface area contributed by atoms with Crippen LogP contribution in [-0.4, -0.2) is 26.3 Å². The molecule has 1 atom stereocenters. The summed E-state index contributed by atoms with van der Waals surface area (Å²) in [5.74, 6) is -0.369. The molecule has 1 aromatic carbocycles. The van der Waals surface area contributed by atoms with Crippen LogP contribution in [0.3, 0.4) is 0 Å². The molecule has 108 valence electrons. The summed E-state index contributed by atoms with van der Waals surface area (Å²) in [6.07, 6.45) is 0. The molecular formula is C13H21FN2O2S. The van der Waals surface area contributed by atoms with Gasteiger partial charge in [0, 0.05) is 19.1 Å². The first-order chi connectivity index (χ1) is 8.81. The molecule has 0 fully saturated rings. The number of benzene rings is 1. The summed E-state index contributed by atoms with van der Waals surface area (Å²) in [4.78, 5) is 0. The molecule has 0 aliphatic carbocycles. The fourth-order valence-corrected chi connectivity index (χ4v) is 2.45. The van der Waals surface area contributed by atoms with Gasteiger partial charge in [-0.1, -0.05) is 26.0 Å². The molecule has 0 saturated carbocycles. The molecule has 0 aliphatic heterocycles. The van der Waals surface area contributed by atoms with Gasteiger partial charge in [-0.25, -0.2) is 17.5 Å². The Hall–Kier alpha value is -0.980. The van der Waals surface area contributed by atoms with Gasteiger partial charge in [0.2, 0.25) is 10.0 Å². The summed E-state index contributed by atoms with van der Waals surface area (Å²) in [6, 6.07) is 6.12. The molecule has 0 heterocycles. The molecule has 4 nitrogen and oxygen atoms in total. The average molecular weight is 288 g/mol. The summed E-state index contributed by atoms with van der Waals surface area (Å²) in [7, 11) is -3.40. The van der Waals surface area contributed by atoms with Gasteiger partial charge in [-0.05, 0) is 24.6 Å². The first-order valence-electron chi connectivity index (χ1n) is 6.27. The van der Waals surface area contributed by atoms with Crippen molar-refractivity contribution in [2.75, 3.05) is 6.54 Å². The third-order valence-corrected chi connectivity index (χ3v) is 4.48. The highest BCUT2D eigenvalue weighted by molar-refractivity contribution is 7.90. The second-order valence-corrected chi connectivity index (χ2v) is 7.05. The van der Waals surface area contributed by atoms with Crippen LogP contribution in [0.2, 0.25) is 0 Å². The maximum Gasteiger partial charge on any atom is 0.215 e. The van der Waals surface area contributed by atoms with Gasteiger partial charge in [0.05, 0.1) is 5.25 Å². The maximum absolute atomic E-state index is 13.0. The molecule has 19 heavy (non-hydrogen) atoms. The highest BCUT2D eigenvalue weighted by atomic mass is 32.2. The molecule has 0 saturated heterocycles. The second-order valence-electron chi connectivity index (χ2n) is 4.87. The van der Waals surface area contributed by atoms with Crippen molar-refractivity contribution in [3.63, 3.8) is 0 Å². The Morgan fingerprint density at radius 3 is 2.53 bits per heavy atom. The van der Waals surface area contributed by atoms with Gasteiger partial charge in [0.1, 0.15) is 5.82 Å². The van der Waals surface area contributed by atoms with Crippen molar-refractivity contribution >= 4 is 10.0 Å². The van der Waals surface area contributed by atoms with E-state index in [1.165, 1.54) is 12.1 Å². The van der Waals surface area contributed by atoms with Crippen molar-refractivity contribution in [2.45, 2.75) is 38.6 Å². The van der Waals surface area contributed by atoms with Crippen LogP contribution in [0.15, 0.2) is 24.3 Å². The highest BCUT2D eigenvalue weighted by Crippen LogP contribution is 2.05. The van der Waals surface area contributed by atoms with Crippen LogP contribution in [-0.2, 0) is 16.6 Å². The maximum atomic E-state index is 13.0. The largest absolute Gasteiger partial charge is 0.313 e. The lowest BCUT2D eigenvalue weighted by Crippen LogP contribution is -2.40. The van der Waals surface area contributed by atoms with E-state index in [4.69, 9.17) is 0 Å². The Kier molecular flexibility index (Phi) is 5.90. The van der Waals surface area contributed by atoms with Crippen LogP contribution < -0.4 is 10.0 Å². The third kappa shape index (κ3) is 5.67. The van der Waals surface area contributed by atoms with Gasteiger partial charge in [-0.2, -0.15) is 0 Å². The summed E-state index contributed by atoms with van der Waals surface area (Å²) < 4.78 is 39.4. The fourth-order valence-electron chi connectivity index (χ4n) is 1.48. The van der Waals surface area contributed by atoms with Gasteiger partial charge >= 0.3 is 0 Å². The van der Waals surface area contributed by atoms with Crippen LogP contribution >= 0.6 is 0 Å². The van der Waals surface area contributed by atoms with Crippen LogP contribution in [0.1, 0.15) is 26.3 Å². The molecule has 2 N–H and O–H groups in total. The predicted octanol–water partition coefficient (Wildman–Crippen LogP) is 1.63. The summed E-state index contributed by atoms with van der Waals surface area (Å²) in [5, 5.41) is 2.54. The average Bonchev–Trinajstić information content (AvgIpc) is 2.33. The summed E-state index contributed by atoms with van der Waals surface area (Å²) >= 11 is 0.